The van der Waals surface area contributed by atoms with Gasteiger partial charge in [0.25, 0.3) is 0 Å². The van der Waals surface area contributed by atoms with Crippen LogP contribution in [0.3, 0.4) is 0 Å². The van der Waals surface area contributed by atoms with Gasteiger partial charge in [-0.25, -0.2) is 9.59 Å². The topological polar surface area (TPSA) is 83.8 Å². The molecule has 0 aliphatic heterocycles. The minimum absolute atomic E-state index is 0.242. The molecule has 7 heteroatoms. The summed E-state index contributed by atoms with van der Waals surface area (Å²) in [5.74, 6) is -6.09. The van der Waals surface area contributed by atoms with Crippen molar-refractivity contribution in [2.24, 2.45) is 0 Å². The average molecular weight is 386 g/mol. The molecule has 0 aliphatic carbocycles. The Bertz CT molecular complexity index is 572. The van der Waals surface area contributed by atoms with E-state index in [1.54, 1.807) is 12.1 Å². The van der Waals surface area contributed by atoms with Crippen LogP contribution < -0.4 is 4.74 Å². The van der Waals surface area contributed by atoms with Crippen molar-refractivity contribution in [3.63, 3.8) is 0 Å². The van der Waals surface area contributed by atoms with Crippen LogP contribution in [0, 0.1) is 0 Å². The van der Waals surface area contributed by atoms with Crippen LogP contribution >= 0.6 is 0 Å². The molecule has 1 aromatic carbocycles. The number of ether oxygens (including phenoxy) is 1. The van der Waals surface area contributed by atoms with Gasteiger partial charge in [-0.2, -0.15) is 8.78 Å². The standard InChI is InChI=1S/C20H28F2O5/c21-20(22,19(25)26)14-8-6-4-2-1-3-5-7-9-16-10-12-17(13-11-16)27-15-18(23)24/h10-13H,1-9,14-15H2,(H,23,24)(H,25,26). The van der Waals surface area contributed by atoms with Crippen LogP contribution in [0.2, 0.25) is 0 Å². The lowest BCUT2D eigenvalue weighted by atomic mass is 10.0. The Morgan fingerprint density at radius 1 is 0.852 bits per heavy atom. The molecule has 0 aromatic heterocycles. The molecule has 5 nitrogen and oxygen atoms in total. The van der Waals surface area contributed by atoms with Crippen LogP contribution in [0.4, 0.5) is 8.78 Å². The van der Waals surface area contributed by atoms with Gasteiger partial charge in [0.15, 0.2) is 6.61 Å². The Kier molecular flexibility index (Phi) is 10.4. The van der Waals surface area contributed by atoms with Crippen molar-refractivity contribution < 1.29 is 33.3 Å². The number of halogens is 2. The van der Waals surface area contributed by atoms with E-state index in [1.165, 1.54) is 5.56 Å². The Morgan fingerprint density at radius 2 is 1.37 bits per heavy atom. The van der Waals surface area contributed by atoms with Gasteiger partial charge in [-0.3, -0.25) is 0 Å². The molecule has 0 spiro atoms. The van der Waals surface area contributed by atoms with Gasteiger partial charge in [-0.05, 0) is 37.0 Å². The van der Waals surface area contributed by atoms with Crippen molar-refractivity contribution in [1.29, 1.82) is 0 Å². The number of carboxylic acid groups (broad SMARTS) is 2. The van der Waals surface area contributed by atoms with Crippen molar-refractivity contribution in [2.75, 3.05) is 6.61 Å². The number of carboxylic acids is 2. The number of aliphatic carboxylic acids is 2. The highest BCUT2D eigenvalue weighted by atomic mass is 19.3. The molecule has 0 radical (unpaired) electrons. The summed E-state index contributed by atoms with van der Waals surface area (Å²) in [6.07, 6.45) is 7.37. The lowest BCUT2D eigenvalue weighted by Gasteiger charge is -2.10. The fourth-order valence-corrected chi connectivity index (χ4v) is 2.74. The summed E-state index contributed by atoms with van der Waals surface area (Å²) in [5.41, 5.74) is 1.18. The predicted octanol–water partition coefficient (Wildman–Crippen LogP) is 4.92. The van der Waals surface area contributed by atoms with Gasteiger partial charge in [-0.1, -0.05) is 50.7 Å². The maximum Gasteiger partial charge on any atom is 0.374 e. The number of hydrogen-bond donors (Lipinski definition) is 2. The first-order valence-electron chi connectivity index (χ1n) is 9.36. The molecule has 0 heterocycles. The van der Waals surface area contributed by atoms with Gasteiger partial charge in [0, 0.05) is 6.42 Å². The molecule has 152 valence electrons. The second-order valence-electron chi connectivity index (χ2n) is 6.66. The molecule has 0 fully saturated rings. The van der Waals surface area contributed by atoms with Gasteiger partial charge in [0.2, 0.25) is 0 Å². The highest BCUT2D eigenvalue weighted by Crippen LogP contribution is 2.22. The maximum absolute atomic E-state index is 12.9. The van der Waals surface area contributed by atoms with Crippen LogP contribution in [0.5, 0.6) is 5.75 Å². The first-order chi connectivity index (χ1) is 12.8. The van der Waals surface area contributed by atoms with Crippen LogP contribution in [-0.2, 0) is 16.0 Å². The Hall–Kier alpha value is -2.18. The maximum atomic E-state index is 12.9. The van der Waals surface area contributed by atoms with E-state index in [2.05, 4.69) is 0 Å². The smallest absolute Gasteiger partial charge is 0.374 e. The number of unbranched alkanes of at least 4 members (excludes halogenated alkanes) is 7. The highest BCUT2D eigenvalue weighted by Gasteiger charge is 2.37. The summed E-state index contributed by atoms with van der Waals surface area (Å²) in [5, 5.41) is 16.9. The molecule has 1 rings (SSSR count). The van der Waals surface area contributed by atoms with Crippen molar-refractivity contribution in [1.82, 2.24) is 0 Å². The summed E-state index contributed by atoms with van der Waals surface area (Å²) in [6.45, 7) is -0.346. The van der Waals surface area contributed by atoms with Crippen LogP contribution in [0.1, 0.15) is 63.4 Å². The summed E-state index contributed by atoms with van der Waals surface area (Å²) in [4.78, 5) is 20.7. The van der Waals surface area contributed by atoms with E-state index in [0.29, 0.717) is 12.2 Å². The molecule has 0 saturated carbocycles. The molecule has 2 N–H and O–H groups in total. The van der Waals surface area contributed by atoms with Gasteiger partial charge in [-0.15, -0.1) is 0 Å². The summed E-state index contributed by atoms with van der Waals surface area (Å²) >= 11 is 0. The van der Waals surface area contributed by atoms with Crippen LogP contribution in [0.15, 0.2) is 24.3 Å². The van der Waals surface area contributed by atoms with E-state index in [4.69, 9.17) is 14.9 Å². The number of aryl methyl sites for hydroxylation is 1. The predicted molar refractivity (Wildman–Crippen MR) is 97.4 cm³/mol. The first kappa shape index (κ1) is 22.9. The fraction of sp³-hybridized carbons (Fsp3) is 0.600. The van der Waals surface area contributed by atoms with E-state index in [1.807, 2.05) is 12.1 Å². The number of hydrogen-bond acceptors (Lipinski definition) is 3. The van der Waals surface area contributed by atoms with Gasteiger partial charge < -0.3 is 14.9 Å². The van der Waals surface area contributed by atoms with Gasteiger partial charge >= 0.3 is 17.9 Å². The minimum atomic E-state index is -3.60. The summed E-state index contributed by atoms with van der Waals surface area (Å²) < 4.78 is 30.8. The molecule has 27 heavy (non-hydrogen) atoms. The van der Waals surface area contributed by atoms with Gasteiger partial charge in [0.1, 0.15) is 5.75 Å². The molecule has 0 aliphatic rings. The van der Waals surface area contributed by atoms with E-state index < -0.39 is 24.3 Å². The van der Waals surface area contributed by atoms with E-state index in [-0.39, 0.29) is 13.0 Å². The molecule has 0 bridgehead atoms. The van der Waals surface area contributed by atoms with Crippen LogP contribution in [-0.4, -0.2) is 34.7 Å². The second kappa shape index (κ2) is 12.3. The molecular weight excluding hydrogens is 358 g/mol. The molecule has 0 saturated heterocycles. The van der Waals surface area contributed by atoms with Crippen molar-refractivity contribution in [3.8, 4) is 5.75 Å². The van der Waals surface area contributed by atoms with E-state index >= 15 is 0 Å². The highest BCUT2D eigenvalue weighted by molar-refractivity contribution is 5.75. The monoisotopic (exact) mass is 386 g/mol. The zero-order valence-electron chi connectivity index (χ0n) is 15.5. The average Bonchev–Trinajstić information content (AvgIpc) is 2.62. The number of rotatable bonds is 15. The lowest BCUT2D eigenvalue weighted by molar-refractivity contribution is -0.165. The van der Waals surface area contributed by atoms with Crippen molar-refractivity contribution >= 4 is 11.9 Å². The van der Waals surface area contributed by atoms with E-state index in [0.717, 1.165) is 44.9 Å². The first-order valence-corrected chi connectivity index (χ1v) is 9.36. The fourth-order valence-electron chi connectivity index (χ4n) is 2.74. The largest absolute Gasteiger partial charge is 0.482 e. The third kappa shape index (κ3) is 10.5. The lowest BCUT2D eigenvalue weighted by Crippen LogP contribution is -2.27. The Morgan fingerprint density at radius 3 is 1.89 bits per heavy atom. The molecule has 0 atom stereocenters. The Balaban J connectivity index is 2.00. The SMILES string of the molecule is O=C(O)COc1ccc(CCCCCCCCCCC(F)(F)C(=O)O)cc1. The minimum Gasteiger partial charge on any atom is -0.482 e. The molecule has 1 aromatic rings. The number of carbonyl (C=O) groups is 2. The quantitative estimate of drug-likeness (QED) is 0.418. The van der Waals surface area contributed by atoms with E-state index in [9.17, 15) is 18.4 Å². The number of alkyl halides is 2. The van der Waals surface area contributed by atoms with Crippen molar-refractivity contribution in [2.45, 2.75) is 70.1 Å². The summed E-state index contributed by atoms with van der Waals surface area (Å²) in [6, 6.07) is 7.41. The molecule has 0 amide bonds. The molecular formula is C20H28F2O5. The zero-order chi connectivity index (χ0) is 20.1. The Labute approximate surface area is 158 Å². The van der Waals surface area contributed by atoms with Gasteiger partial charge in [0.05, 0.1) is 0 Å². The summed E-state index contributed by atoms with van der Waals surface area (Å²) in [7, 11) is 0. The van der Waals surface area contributed by atoms with Crippen LogP contribution in [0.25, 0.3) is 0 Å². The normalized spacial score (nSPS) is 11.3. The number of benzene rings is 1. The zero-order valence-corrected chi connectivity index (χ0v) is 15.5. The molecule has 0 unspecified atom stereocenters. The second-order valence-corrected chi connectivity index (χ2v) is 6.66. The third-order valence-electron chi connectivity index (χ3n) is 4.30. The van der Waals surface area contributed by atoms with Crippen molar-refractivity contribution in [3.05, 3.63) is 29.8 Å². The third-order valence-corrected chi connectivity index (χ3v) is 4.30.